The Hall–Kier alpha value is -1.20. The fourth-order valence-electron chi connectivity index (χ4n) is 1.54. The van der Waals surface area contributed by atoms with E-state index in [4.69, 9.17) is 9.84 Å². The summed E-state index contributed by atoms with van der Waals surface area (Å²) in [4.78, 5) is 0. The maximum atomic E-state index is 13.2. The van der Waals surface area contributed by atoms with Gasteiger partial charge in [0.05, 0.1) is 12.6 Å². The molecule has 1 saturated carbocycles. The lowest BCUT2D eigenvalue weighted by atomic mass is 10.3. The van der Waals surface area contributed by atoms with Crippen molar-refractivity contribution in [2.45, 2.75) is 24.9 Å². The molecule has 17 heavy (non-hydrogen) atoms. The fourth-order valence-corrected chi connectivity index (χ4v) is 1.54. The molecule has 94 valence electrons. The van der Waals surface area contributed by atoms with E-state index in [1.165, 1.54) is 6.07 Å². The monoisotopic (exact) mass is 243 g/mol. The molecule has 0 spiro atoms. The third kappa shape index (κ3) is 3.38. The van der Waals surface area contributed by atoms with Gasteiger partial charge < -0.3 is 15.2 Å². The molecule has 0 aliphatic heterocycles. The summed E-state index contributed by atoms with van der Waals surface area (Å²) in [7, 11) is 0. The molecule has 1 aromatic carbocycles. The van der Waals surface area contributed by atoms with Gasteiger partial charge in [-0.15, -0.1) is 0 Å². The molecule has 2 N–H and O–H groups in total. The topological polar surface area (TPSA) is 41.5 Å². The van der Waals surface area contributed by atoms with Gasteiger partial charge in [-0.1, -0.05) is 6.07 Å². The molecule has 5 heteroatoms. The van der Waals surface area contributed by atoms with Crippen molar-refractivity contribution >= 4 is 0 Å². The maximum absolute atomic E-state index is 13.2. The second-order valence-corrected chi connectivity index (χ2v) is 4.18. The fraction of sp³-hybridized carbons (Fsp3) is 0.500. The second kappa shape index (κ2) is 5.42. The number of aliphatic hydroxyl groups excluding tert-OH is 1. The van der Waals surface area contributed by atoms with Gasteiger partial charge in [0.1, 0.15) is 6.61 Å². The van der Waals surface area contributed by atoms with Crippen LogP contribution in [-0.2, 0) is 0 Å². The van der Waals surface area contributed by atoms with Crippen molar-refractivity contribution in [1.82, 2.24) is 5.32 Å². The molecular formula is C12H15F2NO2. The zero-order valence-electron chi connectivity index (χ0n) is 9.33. The number of ether oxygens (including phenoxy) is 1. The molecule has 0 heterocycles. The normalized spacial score (nSPS) is 16.9. The van der Waals surface area contributed by atoms with Gasteiger partial charge in [-0.25, -0.2) is 8.78 Å². The molecule has 3 nitrogen and oxygen atoms in total. The highest BCUT2D eigenvalue weighted by Gasteiger charge is 2.24. The Balaban J connectivity index is 1.90. The molecule has 1 atom stereocenters. The highest BCUT2D eigenvalue weighted by Crippen LogP contribution is 2.22. The molecule has 1 aliphatic rings. The number of hydrogen-bond acceptors (Lipinski definition) is 3. The first kappa shape index (κ1) is 12.3. The van der Waals surface area contributed by atoms with Crippen molar-refractivity contribution in [2.24, 2.45) is 0 Å². The van der Waals surface area contributed by atoms with Gasteiger partial charge in [0.25, 0.3) is 0 Å². The van der Waals surface area contributed by atoms with Gasteiger partial charge in [-0.2, -0.15) is 0 Å². The summed E-state index contributed by atoms with van der Waals surface area (Å²) in [6.07, 6.45) is 2.15. The minimum atomic E-state index is -0.729. The van der Waals surface area contributed by atoms with Crippen LogP contribution in [0.2, 0.25) is 0 Å². The summed E-state index contributed by atoms with van der Waals surface area (Å²) in [5, 5.41) is 12.2. The molecule has 1 unspecified atom stereocenters. The lowest BCUT2D eigenvalue weighted by Crippen LogP contribution is -2.39. The van der Waals surface area contributed by atoms with Crippen LogP contribution >= 0.6 is 0 Å². The zero-order chi connectivity index (χ0) is 12.3. The Morgan fingerprint density at radius 1 is 1.35 bits per heavy atom. The third-order valence-electron chi connectivity index (χ3n) is 2.62. The maximum Gasteiger partial charge on any atom is 0.190 e. The van der Waals surface area contributed by atoms with E-state index in [0.717, 1.165) is 25.0 Å². The number of nitrogens with one attached hydrogen (secondary N) is 1. The lowest BCUT2D eigenvalue weighted by Gasteiger charge is -2.17. The second-order valence-electron chi connectivity index (χ2n) is 4.18. The van der Waals surface area contributed by atoms with Crippen LogP contribution in [0, 0.1) is 11.6 Å². The number of para-hydroxylation sites is 1. The van der Waals surface area contributed by atoms with Crippen LogP contribution in [0.3, 0.4) is 0 Å². The van der Waals surface area contributed by atoms with Crippen LogP contribution in [0.15, 0.2) is 18.2 Å². The Labute approximate surface area is 98.4 Å². The first-order valence-corrected chi connectivity index (χ1v) is 5.64. The van der Waals surface area contributed by atoms with Crippen LogP contribution in [0.1, 0.15) is 12.8 Å². The number of benzene rings is 1. The first-order valence-electron chi connectivity index (χ1n) is 5.64. The lowest BCUT2D eigenvalue weighted by molar-refractivity contribution is 0.174. The summed E-state index contributed by atoms with van der Waals surface area (Å²) in [6, 6.07) is 3.67. The van der Waals surface area contributed by atoms with E-state index in [-0.39, 0.29) is 25.0 Å². The predicted molar refractivity (Wildman–Crippen MR) is 58.9 cm³/mol. The average Bonchev–Trinajstić information content (AvgIpc) is 3.10. The Kier molecular flexibility index (Phi) is 3.91. The smallest absolute Gasteiger partial charge is 0.190 e. The van der Waals surface area contributed by atoms with E-state index in [2.05, 4.69) is 5.32 Å². The van der Waals surface area contributed by atoms with Crippen LogP contribution in [0.4, 0.5) is 8.78 Å². The van der Waals surface area contributed by atoms with E-state index < -0.39 is 11.6 Å². The first-order chi connectivity index (χ1) is 8.20. The van der Waals surface area contributed by atoms with Crippen molar-refractivity contribution in [2.75, 3.05) is 13.2 Å². The quantitative estimate of drug-likeness (QED) is 0.794. The van der Waals surface area contributed by atoms with Crippen molar-refractivity contribution in [3.8, 4) is 5.75 Å². The van der Waals surface area contributed by atoms with Crippen LogP contribution in [0.25, 0.3) is 0 Å². The van der Waals surface area contributed by atoms with Crippen molar-refractivity contribution in [1.29, 1.82) is 0 Å². The van der Waals surface area contributed by atoms with Gasteiger partial charge in [0, 0.05) is 6.04 Å². The largest absolute Gasteiger partial charge is 0.486 e. The molecule has 2 rings (SSSR count). The minimum Gasteiger partial charge on any atom is -0.486 e. The molecule has 0 bridgehead atoms. The van der Waals surface area contributed by atoms with E-state index in [1.54, 1.807) is 0 Å². The highest BCUT2D eigenvalue weighted by molar-refractivity contribution is 5.26. The SMILES string of the molecule is OCC(COc1c(F)cccc1F)NC1CC1. The summed E-state index contributed by atoms with van der Waals surface area (Å²) in [5.74, 6) is -1.84. The molecular weight excluding hydrogens is 228 g/mol. The standard InChI is InChI=1S/C12H15F2NO2/c13-10-2-1-3-11(14)12(10)17-7-9(6-16)15-8-4-5-8/h1-3,8-9,15-16H,4-7H2. The Bertz CT molecular complexity index is 363. The molecule has 1 aliphatic carbocycles. The zero-order valence-corrected chi connectivity index (χ0v) is 9.33. The van der Waals surface area contributed by atoms with Crippen molar-refractivity contribution in [3.05, 3.63) is 29.8 Å². The molecule has 0 radical (unpaired) electrons. The van der Waals surface area contributed by atoms with Gasteiger partial charge >= 0.3 is 0 Å². The number of aliphatic hydroxyl groups is 1. The van der Waals surface area contributed by atoms with E-state index in [0.29, 0.717) is 6.04 Å². The number of hydrogen-bond donors (Lipinski definition) is 2. The molecule has 1 fully saturated rings. The summed E-state index contributed by atoms with van der Waals surface area (Å²) < 4.78 is 31.5. The molecule has 0 aromatic heterocycles. The van der Waals surface area contributed by atoms with Crippen molar-refractivity contribution < 1.29 is 18.6 Å². The molecule has 1 aromatic rings. The molecule has 0 amide bonds. The van der Waals surface area contributed by atoms with Gasteiger partial charge in [-0.05, 0) is 25.0 Å². The van der Waals surface area contributed by atoms with Gasteiger partial charge in [-0.3, -0.25) is 0 Å². The van der Waals surface area contributed by atoms with Gasteiger partial charge in [0.15, 0.2) is 17.4 Å². The van der Waals surface area contributed by atoms with Crippen molar-refractivity contribution in [3.63, 3.8) is 0 Å². The van der Waals surface area contributed by atoms with E-state index in [1.807, 2.05) is 0 Å². The van der Waals surface area contributed by atoms with Crippen LogP contribution in [0.5, 0.6) is 5.75 Å². The highest BCUT2D eigenvalue weighted by atomic mass is 19.1. The summed E-state index contributed by atoms with van der Waals surface area (Å²) in [5.41, 5.74) is 0. The predicted octanol–water partition coefficient (Wildman–Crippen LogP) is 1.46. The summed E-state index contributed by atoms with van der Waals surface area (Å²) >= 11 is 0. The Morgan fingerprint density at radius 3 is 2.53 bits per heavy atom. The Morgan fingerprint density at radius 2 is 2.00 bits per heavy atom. The number of halogens is 2. The third-order valence-corrected chi connectivity index (χ3v) is 2.62. The van der Waals surface area contributed by atoms with Gasteiger partial charge in [0.2, 0.25) is 0 Å². The van der Waals surface area contributed by atoms with Crippen LogP contribution in [-0.4, -0.2) is 30.4 Å². The number of rotatable bonds is 6. The van der Waals surface area contributed by atoms with E-state index in [9.17, 15) is 8.78 Å². The summed E-state index contributed by atoms with van der Waals surface area (Å²) in [6.45, 7) is -0.0720. The molecule has 0 saturated heterocycles. The van der Waals surface area contributed by atoms with Crippen LogP contribution < -0.4 is 10.1 Å². The minimum absolute atomic E-state index is 0.0465. The average molecular weight is 243 g/mol. The van der Waals surface area contributed by atoms with E-state index >= 15 is 0 Å².